The van der Waals surface area contributed by atoms with Crippen LogP contribution in [-0.4, -0.2) is 57.4 Å². The van der Waals surface area contributed by atoms with Crippen LogP contribution in [-0.2, 0) is 4.79 Å². The van der Waals surface area contributed by atoms with Gasteiger partial charge in [-0.2, -0.15) is 0 Å². The summed E-state index contributed by atoms with van der Waals surface area (Å²) in [5.74, 6) is 1.67. The van der Waals surface area contributed by atoms with Crippen LogP contribution in [0.2, 0.25) is 0 Å². The lowest BCUT2D eigenvalue weighted by Crippen LogP contribution is -2.36. The molecule has 1 fully saturated rings. The molecule has 170 valence electrons. The summed E-state index contributed by atoms with van der Waals surface area (Å²) in [4.78, 5) is 28.1. The molecule has 32 heavy (non-hydrogen) atoms. The highest BCUT2D eigenvalue weighted by Crippen LogP contribution is 2.40. The molecule has 1 saturated heterocycles. The van der Waals surface area contributed by atoms with Crippen LogP contribution in [0.3, 0.4) is 0 Å². The fourth-order valence-corrected chi connectivity index (χ4v) is 4.27. The molecule has 4 rings (SSSR count). The highest BCUT2D eigenvalue weighted by atomic mass is 16.7. The Morgan fingerprint density at radius 2 is 1.88 bits per heavy atom. The van der Waals surface area contributed by atoms with E-state index in [2.05, 4.69) is 5.32 Å². The molecule has 0 saturated carbocycles. The molecule has 2 amide bonds. The molecular weight excluding hydrogens is 412 g/mol. The Morgan fingerprint density at radius 3 is 2.62 bits per heavy atom. The summed E-state index contributed by atoms with van der Waals surface area (Å²) < 4.78 is 21.7. The van der Waals surface area contributed by atoms with E-state index in [-0.39, 0.29) is 24.5 Å². The maximum Gasteiger partial charge on any atom is 0.254 e. The van der Waals surface area contributed by atoms with E-state index in [1.807, 2.05) is 25.1 Å². The second-order valence-electron chi connectivity index (χ2n) is 7.89. The SMILES string of the molecule is CCCNC(=O)C1CN(C(=O)c2ccc3c(c2)OCO3)CC1c1cc(OC)ccc1OC. The second-order valence-corrected chi connectivity index (χ2v) is 7.89. The first-order chi connectivity index (χ1) is 15.5. The van der Waals surface area contributed by atoms with Crippen molar-refractivity contribution in [1.82, 2.24) is 10.2 Å². The molecule has 2 aliphatic heterocycles. The normalized spacial score (nSPS) is 19.0. The van der Waals surface area contributed by atoms with Crippen LogP contribution in [0.15, 0.2) is 36.4 Å². The number of methoxy groups -OCH3 is 2. The molecule has 0 spiro atoms. The van der Waals surface area contributed by atoms with Gasteiger partial charge < -0.3 is 29.2 Å². The summed E-state index contributed by atoms with van der Waals surface area (Å²) in [5, 5.41) is 2.99. The van der Waals surface area contributed by atoms with Gasteiger partial charge in [0, 0.05) is 36.7 Å². The van der Waals surface area contributed by atoms with Gasteiger partial charge in [-0.1, -0.05) is 6.92 Å². The Labute approximate surface area is 187 Å². The van der Waals surface area contributed by atoms with Gasteiger partial charge in [-0.15, -0.1) is 0 Å². The highest BCUT2D eigenvalue weighted by Gasteiger charge is 2.42. The van der Waals surface area contributed by atoms with E-state index in [9.17, 15) is 9.59 Å². The molecule has 2 unspecified atom stereocenters. The number of hydrogen-bond donors (Lipinski definition) is 1. The van der Waals surface area contributed by atoms with Crippen LogP contribution < -0.4 is 24.3 Å². The molecular formula is C24H28N2O6. The summed E-state index contributed by atoms with van der Waals surface area (Å²) >= 11 is 0. The molecule has 0 radical (unpaired) electrons. The molecule has 0 bridgehead atoms. The first kappa shape index (κ1) is 21.8. The summed E-state index contributed by atoms with van der Waals surface area (Å²) in [7, 11) is 3.20. The lowest BCUT2D eigenvalue weighted by molar-refractivity contribution is -0.124. The molecule has 2 heterocycles. The van der Waals surface area contributed by atoms with Crippen LogP contribution in [0.1, 0.15) is 35.2 Å². The molecule has 2 atom stereocenters. The van der Waals surface area contributed by atoms with Gasteiger partial charge >= 0.3 is 0 Å². The predicted molar refractivity (Wildman–Crippen MR) is 118 cm³/mol. The van der Waals surface area contributed by atoms with Crippen LogP contribution in [0.5, 0.6) is 23.0 Å². The number of fused-ring (bicyclic) bond motifs is 1. The number of carbonyl (C=O) groups is 2. The van der Waals surface area contributed by atoms with Crippen molar-refractivity contribution < 1.29 is 28.5 Å². The fraction of sp³-hybridized carbons (Fsp3) is 0.417. The van der Waals surface area contributed by atoms with Crippen LogP contribution >= 0.6 is 0 Å². The van der Waals surface area contributed by atoms with Gasteiger partial charge in [0.15, 0.2) is 11.5 Å². The zero-order valence-corrected chi connectivity index (χ0v) is 18.6. The van der Waals surface area contributed by atoms with Gasteiger partial charge in [-0.05, 0) is 42.8 Å². The summed E-state index contributed by atoms with van der Waals surface area (Å²) in [6.07, 6.45) is 0.839. The average Bonchev–Trinajstić information content (AvgIpc) is 3.48. The Bertz CT molecular complexity index is 1010. The number of benzene rings is 2. The van der Waals surface area contributed by atoms with Gasteiger partial charge in [-0.25, -0.2) is 0 Å². The van der Waals surface area contributed by atoms with Gasteiger partial charge in [0.25, 0.3) is 5.91 Å². The van der Waals surface area contributed by atoms with Crippen molar-refractivity contribution in [3.05, 3.63) is 47.5 Å². The van der Waals surface area contributed by atoms with Gasteiger partial charge in [0.2, 0.25) is 12.7 Å². The van der Waals surface area contributed by atoms with Gasteiger partial charge in [0.05, 0.1) is 20.1 Å². The Kier molecular flexibility index (Phi) is 6.39. The zero-order chi connectivity index (χ0) is 22.7. The number of rotatable bonds is 7. The largest absolute Gasteiger partial charge is 0.497 e. The van der Waals surface area contributed by atoms with Crippen molar-refractivity contribution in [2.45, 2.75) is 19.3 Å². The van der Waals surface area contributed by atoms with E-state index in [4.69, 9.17) is 18.9 Å². The number of ether oxygens (including phenoxy) is 4. The van der Waals surface area contributed by atoms with E-state index in [1.54, 1.807) is 37.3 Å². The lowest BCUT2D eigenvalue weighted by atomic mass is 9.87. The number of carbonyl (C=O) groups excluding carboxylic acids is 2. The molecule has 2 aromatic carbocycles. The van der Waals surface area contributed by atoms with Crippen LogP contribution in [0, 0.1) is 5.92 Å². The van der Waals surface area contributed by atoms with E-state index in [1.165, 1.54) is 0 Å². The number of amides is 2. The highest BCUT2D eigenvalue weighted by molar-refractivity contribution is 5.96. The Balaban J connectivity index is 1.64. The number of nitrogens with zero attached hydrogens (tertiary/aromatic N) is 1. The van der Waals surface area contributed by atoms with Crippen molar-refractivity contribution in [2.75, 3.05) is 40.6 Å². The van der Waals surface area contributed by atoms with Crippen molar-refractivity contribution in [3.8, 4) is 23.0 Å². The van der Waals surface area contributed by atoms with Crippen LogP contribution in [0.25, 0.3) is 0 Å². The molecule has 2 aromatic rings. The molecule has 8 heteroatoms. The van der Waals surface area contributed by atoms with Crippen LogP contribution in [0.4, 0.5) is 0 Å². The third-order valence-corrected chi connectivity index (χ3v) is 5.95. The monoisotopic (exact) mass is 440 g/mol. The van der Waals surface area contributed by atoms with E-state index >= 15 is 0 Å². The maximum absolute atomic E-state index is 13.3. The summed E-state index contributed by atoms with van der Waals surface area (Å²) in [6.45, 7) is 3.45. The molecule has 0 aromatic heterocycles. The van der Waals surface area contributed by atoms with E-state index in [0.717, 1.165) is 12.0 Å². The van der Waals surface area contributed by atoms with E-state index < -0.39 is 5.92 Å². The second kappa shape index (κ2) is 9.38. The fourth-order valence-electron chi connectivity index (χ4n) is 4.27. The molecule has 1 N–H and O–H groups in total. The maximum atomic E-state index is 13.3. The smallest absolute Gasteiger partial charge is 0.254 e. The molecule has 8 nitrogen and oxygen atoms in total. The van der Waals surface area contributed by atoms with Crippen molar-refractivity contribution >= 4 is 11.8 Å². The quantitative estimate of drug-likeness (QED) is 0.713. The lowest BCUT2D eigenvalue weighted by Gasteiger charge is -2.21. The predicted octanol–water partition coefficient (Wildman–Crippen LogP) is 2.81. The van der Waals surface area contributed by atoms with Gasteiger partial charge in [0.1, 0.15) is 11.5 Å². The van der Waals surface area contributed by atoms with Crippen molar-refractivity contribution in [1.29, 1.82) is 0 Å². The topological polar surface area (TPSA) is 86.3 Å². The number of nitrogens with one attached hydrogen (secondary N) is 1. The standard InChI is InChI=1S/C24H28N2O6/c1-4-9-25-23(27)19-13-26(24(28)15-5-7-21-22(10-15)32-14-31-21)12-18(19)17-11-16(29-2)6-8-20(17)30-3/h5-8,10-11,18-19H,4,9,12-14H2,1-3H3,(H,25,27). The first-order valence-corrected chi connectivity index (χ1v) is 10.7. The number of hydrogen-bond acceptors (Lipinski definition) is 6. The minimum atomic E-state index is -0.402. The minimum Gasteiger partial charge on any atom is -0.497 e. The van der Waals surface area contributed by atoms with Gasteiger partial charge in [-0.3, -0.25) is 9.59 Å². The Hall–Kier alpha value is -3.42. The molecule has 0 aliphatic carbocycles. The first-order valence-electron chi connectivity index (χ1n) is 10.7. The number of likely N-dealkylation sites (tertiary alicyclic amines) is 1. The zero-order valence-electron chi connectivity index (χ0n) is 18.6. The average molecular weight is 440 g/mol. The van der Waals surface area contributed by atoms with Crippen molar-refractivity contribution in [2.24, 2.45) is 5.92 Å². The minimum absolute atomic E-state index is 0.0669. The third-order valence-electron chi connectivity index (χ3n) is 5.95. The summed E-state index contributed by atoms with van der Waals surface area (Å²) in [5.41, 5.74) is 1.35. The third kappa shape index (κ3) is 4.17. The molecule has 2 aliphatic rings. The van der Waals surface area contributed by atoms with E-state index in [0.29, 0.717) is 48.2 Å². The van der Waals surface area contributed by atoms with Crippen molar-refractivity contribution in [3.63, 3.8) is 0 Å². The summed E-state index contributed by atoms with van der Waals surface area (Å²) in [6, 6.07) is 10.7. The Morgan fingerprint density at radius 1 is 1.06 bits per heavy atom.